The summed E-state index contributed by atoms with van der Waals surface area (Å²) in [5, 5.41) is 9.66. The van der Waals surface area contributed by atoms with Gasteiger partial charge in [-0.15, -0.1) is 0 Å². The minimum absolute atomic E-state index is 0.0516. The van der Waals surface area contributed by atoms with Gasteiger partial charge in [-0.05, 0) is 48.2 Å². The summed E-state index contributed by atoms with van der Waals surface area (Å²) in [6, 6.07) is 18.7. The van der Waals surface area contributed by atoms with E-state index in [4.69, 9.17) is 14.2 Å². The number of fused-ring (bicyclic) bond motifs is 2. The molecule has 0 bridgehead atoms. The zero-order chi connectivity index (χ0) is 24.6. The number of aryl methyl sites for hydroxylation is 1. The van der Waals surface area contributed by atoms with Crippen molar-refractivity contribution in [1.29, 1.82) is 0 Å². The summed E-state index contributed by atoms with van der Waals surface area (Å²) < 4.78 is 45.1. The third-order valence-corrected chi connectivity index (χ3v) is 7.68. The molecule has 2 aliphatic heterocycles. The van der Waals surface area contributed by atoms with Crippen LogP contribution in [-0.2, 0) is 21.2 Å². The van der Waals surface area contributed by atoms with E-state index in [1.54, 1.807) is 48.5 Å². The summed E-state index contributed by atoms with van der Waals surface area (Å²) in [6.45, 7) is 2.12. The number of rotatable bonds is 6. The van der Waals surface area contributed by atoms with Crippen molar-refractivity contribution in [3.05, 3.63) is 89.3 Å². The molecule has 0 radical (unpaired) electrons. The normalized spacial score (nSPS) is 15.6. The molecule has 8 nitrogen and oxygen atoms in total. The van der Waals surface area contributed by atoms with E-state index >= 15 is 0 Å². The third kappa shape index (κ3) is 3.97. The van der Waals surface area contributed by atoms with Crippen molar-refractivity contribution in [2.45, 2.75) is 31.1 Å². The van der Waals surface area contributed by atoms with Gasteiger partial charge in [0.1, 0.15) is 0 Å². The molecular formula is C26H23NO7S. The lowest BCUT2D eigenvalue weighted by Crippen LogP contribution is -2.37. The number of hydrogen-bond donors (Lipinski definition) is 1. The van der Waals surface area contributed by atoms with Gasteiger partial charge in [0.25, 0.3) is 10.0 Å². The van der Waals surface area contributed by atoms with Gasteiger partial charge in [-0.25, -0.2) is 17.5 Å². The van der Waals surface area contributed by atoms with Crippen LogP contribution < -0.4 is 13.8 Å². The molecule has 0 aromatic heterocycles. The number of unbranched alkanes of at least 4 members (excludes halogenated alkanes) is 1. The first-order valence-corrected chi connectivity index (χ1v) is 12.6. The highest BCUT2D eigenvalue weighted by Gasteiger charge is 2.41. The van der Waals surface area contributed by atoms with Crippen LogP contribution in [0.5, 0.6) is 11.5 Å². The van der Waals surface area contributed by atoms with Crippen LogP contribution >= 0.6 is 0 Å². The molecule has 0 spiro atoms. The van der Waals surface area contributed by atoms with Gasteiger partial charge in [0.2, 0.25) is 12.7 Å². The van der Waals surface area contributed by atoms with E-state index in [-0.39, 0.29) is 17.6 Å². The summed E-state index contributed by atoms with van der Waals surface area (Å²) in [7, 11) is -4.20. The van der Waals surface area contributed by atoms with Gasteiger partial charge >= 0.3 is 6.16 Å². The van der Waals surface area contributed by atoms with Crippen molar-refractivity contribution in [3.8, 4) is 11.5 Å². The van der Waals surface area contributed by atoms with Crippen LogP contribution in [0.4, 0.5) is 10.5 Å². The second-order valence-electron chi connectivity index (χ2n) is 8.11. The molecule has 9 heteroatoms. The molecule has 2 heterocycles. The number of hydrogen-bond acceptors (Lipinski definition) is 6. The Kier molecular flexibility index (Phi) is 5.86. The van der Waals surface area contributed by atoms with Gasteiger partial charge in [0.05, 0.1) is 16.2 Å². The molecule has 3 aromatic rings. The average Bonchev–Trinajstić information content (AvgIpc) is 3.31. The van der Waals surface area contributed by atoms with Crippen molar-refractivity contribution in [2.24, 2.45) is 0 Å². The molecule has 0 amide bonds. The highest BCUT2D eigenvalue weighted by molar-refractivity contribution is 7.93. The molecule has 0 atom stereocenters. The molecule has 0 saturated carbocycles. The Morgan fingerprint density at radius 3 is 2.57 bits per heavy atom. The molecule has 0 aliphatic carbocycles. The van der Waals surface area contributed by atoms with Crippen LogP contribution in [0.2, 0.25) is 0 Å². The lowest BCUT2D eigenvalue weighted by molar-refractivity contribution is 0.119. The van der Waals surface area contributed by atoms with Crippen LogP contribution in [0.3, 0.4) is 0 Å². The van der Waals surface area contributed by atoms with E-state index in [9.17, 15) is 18.3 Å². The monoisotopic (exact) mass is 493 g/mol. The number of carbonyl (C=O) groups is 1. The maximum atomic E-state index is 14.0. The molecule has 1 N–H and O–H groups in total. The highest BCUT2D eigenvalue weighted by atomic mass is 32.2. The first-order valence-electron chi connectivity index (χ1n) is 11.2. The summed E-state index contributed by atoms with van der Waals surface area (Å²) in [6.07, 6.45) is 0.764. The highest BCUT2D eigenvalue weighted by Crippen LogP contribution is 2.45. The maximum absolute atomic E-state index is 14.0. The van der Waals surface area contributed by atoms with Gasteiger partial charge in [0, 0.05) is 5.56 Å². The molecule has 0 fully saturated rings. The number of para-hydroxylation sites is 1. The predicted octanol–water partition coefficient (Wildman–Crippen LogP) is 5.38. The van der Waals surface area contributed by atoms with Crippen molar-refractivity contribution in [1.82, 2.24) is 0 Å². The molecule has 5 rings (SSSR count). The second kappa shape index (κ2) is 8.99. The largest absolute Gasteiger partial charge is 0.512 e. The van der Waals surface area contributed by atoms with E-state index in [0.29, 0.717) is 40.3 Å². The van der Waals surface area contributed by atoms with Crippen LogP contribution in [-0.4, -0.2) is 26.5 Å². The number of sulfonamides is 1. The van der Waals surface area contributed by atoms with Crippen molar-refractivity contribution >= 4 is 27.4 Å². The number of carboxylic acid groups (broad SMARTS) is 1. The van der Waals surface area contributed by atoms with Gasteiger partial charge in [0.15, 0.2) is 11.5 Å². The van der Waals surface area contributed by atoms with E-state index < -0.39 is 16.2 Å². The van der Waals surface area contributed by atoms with Crippen LogP contribution in [0, 0.1) is 0 Å². The Bertz CT molecular complexity index is 1450. The predicted molar refractivity (Wildman–Crippen MR) is 129 cm³/mol. The number of benzene rings is 3. The lowest BCUT2D eigenvalue weighted by atomic mass is 9.97. The summed E-state index contributed by atoms with van der Waals surface area (Å²) in [5.41, 5.74) is 2.31. The maximum Gasteiger partial charge on any atom is 0.512 e. The van der Waals surface area contributed by atoms with E-state index in [1.165, 1.54) is 6.07 Å². The first-order chi connectivity index (χ1) is 16.9. The van der Waals surface area contributed by atoms with Gasteiger partial charge in [-0.1, -0.05) is 55.8 Å². The SMILES string of the molecule is CCCCc1ccccc1N1C(OC(=O)O)=C(c2ccc3c(c2)OCO3)c2ccccc2S1(=O)=O. The zero-order valence-electron chi connectivity index (χ0n) is 18.9. The minimum Gasteiger partial charge on any atom is -0.454 e. The van der Waals surface area contributed by atoms with E-state index in [1.807, 2.05) is 19.1 Å². The van der Waals surface area contributed by atoms with Crippen molar-refractivity contribution < 1.29 is 32.5 Å². The molecule has 180 valence electrons. The molecule has 0 unspecified atom stereocenters. The standard InChI is InChI=1S/C26H23NO7S/c1-2-3-8-17-9-4-6-11-20(17)27-25(34-26(28)29)24(18-13-14-21-22(15-18)33-16-32-21)19-10-5-7-12-23(19)35(27,30)31/h4-7,9-15H,2-3,8,16H2,1H3,(H,28,29). The van der Waals surface area contributed by atoms with Crippen molar-refractivity contribution in [3.63, 3.8) is 0 Å². The third-order valence-electron chi connectivity index (χ3n) is 5.93. The quantitative estimate of drug-likeness (QED) is 0.460. The summed E-state index contributed by atoms with van der Waals surface area (Å²) in [4.78, 5) is 11.9. The number of nitrogens with zero attached hydrogens (tertiary/aromatic N) is 1. The van der Waals surface area contributed by atoms with Crippen LogP contribution in [0.1, 0.15) is 36.5 Å². The molecular weight excluding hydrogens is 470 g/mol. The Morgan fingerprint density at radius 1 is 1.03 bits per heavy atom. The van der Waals surface area contributed by atoms with Crippen molar-refractivity contribution in [2.75, 3.05) is 11.1 Å². The van der Waals surface area contributed by atoms with Crippen LogP contribution in [0.25, 0.3) is 5.57 Å². The second-order valence-corrected chi connectivity index (χ2v) is 9.87. The molecule has 0 saturated heterocycles. The Hall–Kier alpha value is -3.98. The Labute approximate surface area is 203 Å². The summed E-state index contributed by atoms with van der Waals surface area (Å²) in [5.74, 6) is 0.720. The molecule has 2 aliphatic rings. The average molecular weight is 494 g/mol. The lowest BCUT2D eigenvalue weighted by Gasteiger charge is -2.33. The Morgan fingerprint density at radius 2 is 1.77 bits per heavy atom. The number of ether oxygens (including phenoxy) is 3. The molecule has 35 heavy (non-hydrogen) atoms. The zero-order valence-corrected chi connectivity index (χ0v) is 19.7. The van der Waals surface area contributed by atoms with Gasteiger partial charge in [-0.3, -0.25) is 0 Å². The fraction of sp³-hybridized carbons (Fsp3) is 0.192. The van der Waals surface area contributed by atoms with Gasteiger partial charge < -0.3 is 19.3 Å². The van der Waals surface area contributed by atoms with E-state index in [0.717, 1.165) is 22.7 Å². The van der Waals surface area contributed by atoms with Crippen LogP contribution in [0.15, 0.2) is 77.5 Å². The molecule has 3 aromatic carbocycles. The fourth-order valence-electron chi connectivity index (χ4n) is 4.36. The first kappa shape index (κ1) is 22.8. The summed E-state index contributed by atoms with van der Waals surface area (Å²) >= 11 is 0. The number of anilines is 1. The smallest absolute Gasteiger partial charge is 0.454 e. The Balaban J connectivity index is 1.83. The van der Waals surface area contributed by atoms with Gasteiger partial charge in [-0.2, -0.15) is 0 Å². The topological polar surface area (TPSA) is 102 Å². The van der Waals surface area contributed by atoms with E-state index in [2.05, 4.69) is 0 Å². The minimum atomic E-state index is -4.20. The fourth-order valence-corrected chi connectivity index (χ4v) is 6.03.